The number of carbonyl (C=O) groups is 1. The minimum atomic E-state index is -0.399. The van der Waals surface area contributed by atoms with Gasteiger partial charge in [0.05, 0.1) is 18.1 Å². The highest BCUT2D eigenvalue weighted by Crippen LogP contribution is 2.20. The maximum atomic E-state index is 12.5. The molecule has 0 spiro atoms. The summed E-state index contributed by atoms with van der Waals surface area (Å²) in [4.78, 5) is 34.1. The zero-order valence-corrected chi connectivity index (χ0v) is 17.1. The molecule has 4 aromatic heterocycles. The van der Waals surface area contributed by atoms with Crippen molar-refractivity contribution in [2.24, 2.45) is 0 Å². The van der Waals surface area contributed by atoms with Gasteiger partial charge >= 0.3 is 0 Å². The van der Waals surface area contributed by atoms with Gasteiger partial charge in [0, 0.05) is 56.4 Å². The molecule has 1 N–H and O–H groups in total. The molecular weight excluding hydrogens is 408 g/mol. The van der Waals surface area contributed by atoms with E-state index in [-0.39, 0.29) is 5.69 Å². The lowest BCUT2D eigenvalue weighted by atomic mass is 10.2. The van der Waals surface area contributed by atoms with E-state index < -0.39 is 5.91 Å². The molecule has 1 fully saturated rings. The summed E-state index contributed by atoms with van der Waals surface area (Å²) < 4.78 is 5.25. The molecule has 0 unspecified atom stereocenters. The van der Waals surface area contributed by atoms with E-state index in [1.807, 2.05) is 24.3 Å². The van der Waals surface area contributed by atoms with E-state index in [9.17, 15) is 4.79 Å². The van der Waals surface area contributed by atoms with Crippen LogP contribution in [0.15, 0.2) is 71.9 Å². The van der Waals surface area contributed by atoms with Gasteiger partial charge in [-0.3, -0.25) is 9.78 Å². The number of amides is 1. The maximum Gasteiger partial charge on any atom is 0.277 e. The van der Waals surface area contributed by atoms with Crippen LogP contribution < -0.4 is 15.1 Å². The van der Waals surface area contributed by atoms with Crippen LogP contribution in [-0.2, 0) is 0 Å². The quantitative estimate of drug-likeness (QED) is 0.512. The first kappa shape index (κ1) is 19.6. The van der Waals surface area contributed by atoms with Crippen molar-refractivity contribution in [1.29, 1.82) is 0 Å². The molecule has 0 atom stereocenters. The normalized spacial score (nSPS) is 13.8. The van der Waals surface area contributed by atoms with Gasteiger partial charge in [0.2, 0.25) is 5.95 Å². The Hall–Kier alpha value is -4.34. The Balaban J connectivity index is 1.18. The van der Waals surface area contributed by atoms with Crippen molar-refractivity contribution in [3.63, 3.8) is 0 Å². The smallest absolute Gasteiger partial charge is 0.277 e. The molecule has 10 heteroatoms. The first-order valence-electron chi connectivity index (χ1n) is 10.2. The Labute approximate surface area is 183 Å². The molecule has 0 aromatic carbocycles. The highest BCUT2D eigenvalue weighted by molar-refractivity contribution is 6.03. The molecule has 0 saturated carbocycles. The monoisotopic (exact) mass is 428 g/mol. The first-order valence-corrected chi connectivity index (χ1v) is 10.2. The number of anilines is 3. The summed E-state index contributed by atoms with van der Waals surface area (Å²) in [5.74, 6) is 1.68. The van der Waals surface area contributed by atoms with Crippen LogP contribution in [0.2, 0.25) is 0 Å². The second-order valence-electron chi connectivity index (χ2n) is 7.21. The SMILES string of the molecule is O=C(Nc1cnc(N2CCN(c3ccccn3)CC2)nc1)c1cc(-c2cccnc2)on1. The number of hydrogen-bond acceptors (Lipinski definition) is 9. The van der Waals surface area contributed by atoms with Crippen LogP contribution in [0.3, 0.4) is 0 Å². The summed E-state index contributed by atoms with van der Waals surface area (Å²) in [6.07, 6.45) is 8.29. The van der Waals surface area contributed by atoms with Crippen LogP contribution in [-0.4, -0.2) is 57.2 Å². The van der Waals surface area contributed by atoms with Crippen molar-refractivity contribution in [3.8, 4) is 11.3 Å². The molecule has 1 saturated heterocycles. The molecule has 0 radical (unpaired) electrons. The van der Waals surface area contributed by atoms with Gasteiger partial charge < -0.3 is 19.6 Å². The maximum absolute atomic E-state index is 12.5. The van der Waals surface area contributed by atoms with E-state index in [2.05, 4.69) is 40.2 Å². The fourth-order valence-corrected chi connectivity index (χ4v) is 3.45. The number of rotatable bonds is 5. The highest BCUT2D eigenvalue weighted by atomic mass is 16.5. The number of nitrogens with zero attached hydrogens (tertiary/aromatic N) is 7. The van der Waals surface area contributed by atoms with Gasteiger partial charge in [-0.1, -0.05) is 11.2 Å². The van der Waals surface area contributed by atoms with E-state index in [1.54, 1.807) is 43.1 Å². The average molecular weight is 428 g/mol. The lowest BCUT2D eigenvalue weighted by Crippen LogP contribution is -2.47. The minimum absolute atomic E-state index is 0.165. The van der Waals surface area contributed by atoms with Gasteiger partial charge in [-0.2, -0.15) is 0 Å². The molecule has 1 amide bonds. The molecule has 1 aliphatic rings. The second-order valence-corrected chi connectivity index (χ2v) is 7.21. The molecule has 4 aromatic rings. The van der Waals surface area contributed by atoms with Crippen LogP contribution in [0.5, 0.6) is 0 Å². The summed E-state index contributed by atoms with van der Waals surface area (Å²) in [7, 11) is 0. The third-order valence-corrected chi connectivity index (χ3v) is 5.12. The second kappa shape index (κ2) is 8.80. The van der Waals surface area contributed by atoms with Crippen molar-refractivity contribution in [2.75, 3.05) is 41.3 Å². The molecular formula is C22H20N8O2. The summed E-state index contributed by atoms with van der Waals surface area (Å²) in [5.41, 5.74) is 1.39. The number of carbonyl (C=O) groups excluding carboxylic acids is 1. The zero-order chi connectivity index (χ0) is 21.8. The number of aromatic nitrogens is 5. The van der Waals surface area contributed by atoms with Crippen LogP contribution in [0.25, 0.3) is 11.3 Å². The Bertz CT molecular complexity index is 1170. The molecule has 5 rings (SSSR count). The van der Waals surface area contributed by atoms with Crippen LogP contribution in [0, 0.1) is 0 Å². The van der Waals surface area contributed by atoms with Crippen molar-refractivity contribution in [3.05, 3.63) is 73.1 Å². The third kappa shape index (κ3) is 4.24. The average Bonchev–Trinajstić information content (AvgIpc) is 3.37. The van der Waals surface area contributed by atoms with Crippen LogP contribution in [0.4, 0.5) is 17.5 Å². The van der Waals surface area contributed by atoms with Gasteiger partial charge in [0.15, 0.2) is 11.5 Å². The van der Waals surface area contributed by atoms with E-state index in [4.69, 9.17) is 4.52 Å². The Morgan fingerprint density at radius 3 is 2.44 bits per heavy atom. The molecule has 0 bridgehead atoms. The van der Waals surface area contributed by atoms with Crippen LogP contribution in [0.1, 0.15) is 10.5 Å². The largest absolute Gasteiger partial charge is 0.355 e. The lowest BCUT2D eigenvalue weighted by Gasteiger charge is -2.35. The van der Waals surface area contributed by atoms with E-state index in [1.165, 1.54) is 0 Å². The lowest BCUT2D eigenvalue weighted by molar-refractivity contribution is 0.101. The van der Waals surface area contributed by atoms with E-state index >= 15 is 0 Å². The standard InChI is InChI=1S/C22H20N8O2/c31-21(18-12-19(32-28-18)16-4-3-6-23-13-16)27-17-14-25-22(26-15-17)30-10-8-29(9-11-30)20-5-1-2-7-24-20/h1-7,12-15H,8-11H2,(H,27,31). The molecule has 32 heavy (non-hydrogen) atoms. The molecule has 160 valence electrons. The fourth-order valence-electron chi connectivity index (χ4n) is 3.45. The first-order chi connectivity index (χ1) is 15.8. The van der Waals surface area contributed by atoms with Crippen molar-refractivity contribution >= 4 is 23.4 Å². The number of hydrogen-bond donors (Lipinski definition) is 1. The summed E-state index contributed by atoms with van der Waals surface area (Å²) in [6, 6.07) is 11.1. The predicted octanol–water partition coefficient (Wildman–Crippen LogP) is 2.50. The highest BCUT2D eigenvalue weighted by Gasteiger charge is 2.20. The van der Waals surface area contributed by atoms with Gasteiger partial charge in [0.1, 0.15) is 5.82 Å². The Morgan fingerprint density at radius 1 is 0.906 bits per heavy atom. The van der Waals surface area contributed by atoms with Gasteiger partial charge in [-0.15, -0.1) is 0 Å². The number of piperazine rings is 1. The Kier molecular flexibility index (Phi) is 5.39. The summed E-state index contributed by atoms with van der Waals surface area (Å²) in [5, 5.41) is 6.58. The number of nitrogens with one attached hydrogen (secondary N) is 1. The van der Waals surface area contributed by atoms with E-state index in [0.717, 1.165) is 37.6 Å². The van der Waals surface area contributed by atoms with Gasteiger partial charge in [-0.25, -0.2) is 15.0 Å². The topological polar surface area (TPSA) is 113 Å². The van der Waals surface area contributed by atoms with Crippen LogP contribution >= 0.6 is 0 Å². The summed E-state index contributed by atoms with van der Waals surface area (Å²) in [6.45, 7) is 3.26. The summed E-state index contributed by atoms with van der Waals surface area (Å²) >= 11 is 0. The zero-order valence-electron chi connectivity index (χ0n) is 17.1. The molecule has 5 heterocycles. The van der Waals surface area contributed by atoms with Crippen molar-refractivity contribution in [1.82, 2.24) is 25.1 Å². The molecule has 1 aliphatic heterocycles. The minimum Gasteiger partial charge on any atom is -0.355 e. The van der Waals surface area contributed by atoms with Crippen molar-refractivity contribution in [2.45, 2.75) is 0 Å². The third-order valence-electron chi connectivity index (χ3n) is 5.12. The predicted molar refractivity (Wildman–Crippen MR) is 118 cm³/mol. The molecule has 0 aliphatic carbocycles. The van der Waals surface area contributed by atoms with Crippen molar-refractivity contribution < 1.29 is 9.32 Å². The fraction of sp³-hybridized carbons (Fsp3) is 0.182. The molecule has 10 nitrogen and oxygen atoms in total. The van der Waals surface area contributed by atoms with E-state index in [0.29, 0.717) is 17.4 Å². The van der Waals surface area contributed by atoms with Gasteiger partial charge in [-0.05, 0) is 24.3 Å². The Morgan fingerprint density at radius 2 is 1.72 bits per heavy atom. The number of pyridine rings is 2. The van der Waals surface area contributed by atoms with Gasteiger partial charge in [0.25, 0.3) is 5.91 Å².